The van der Waals surface area contributed by atoms with Gasteiger partial charge >= 0.3 is 0 Å². The maximum absolute atomic E-state index is 13.8. The minimum atomic E-state index is -0.721. The summed E-state index contributed by atoms with van der Waals surface area (Å²) in [5, 5.41) is 12.7. The van der Waals surface area contributed by atoms with Gasteiger partial charge < -0.3 is 26.8 Å². The Bertz CT molecular complexity index is 1210. The zero-order valence-corrected chi connectivity index (χ0v) is 20.9. The standard InChI is InChI=1S/C27H32N4O3S/c1-3-17-13-19(8-7-18(17)11-12-32)25(30-23-6-4-5-20(15-23)26(29)33)27(34)31(2)16-21-14-22(28)9-10-24(21)35/h4-10,13-15,25,30,32,35H,3,11-12,16,28H2,1-2H3,(H2,29,33)/t25-/m1/s1. The van der Waals surface area contributed by atoms with Gasteiger partial charge in [0.05, 0.1) is 0 Å². The number of anilines is 2. The lowest BCUT2D eigenvalue weighted by Crippen LogP contribution is -2.35. The van der Waals surface area contributed by atoms with Crippen molar-refractivity contribution in [3.63, 3.8) is 0 Å². The summed E-state index contributed by atoms with van der Waals surface area (Å²) in [5.74, 6) is -0.708. The van der Waals surface area contributed by atoms with E-state index in [0.717, 1.165) is 33.6 Å². The van der Waals surface area contributed by atoms with Crippen molar-refractivity contribution in [3.05, 3.63) is 88.5 Å². The first kappa shape index (κ1) is 26.1. The molecule has 3 aromatic rings. The highest BCUT2D eigenvalue weighted by atomic mass is 32.1. The average molecular weight is 493 g/mol. The number of hydrogen-bond donors (Lipinski definition) is 5. The number of likely N-dealkylation sites (N-methyl/N-ethyl adjacent to an activating group) is 1. The number of nitrogens with zero attached hydrogens (tertiary/aromatic N) is 1. The Morgan fingerprint density at radius 3 is 2.51 bits per heavy atom. The summed E-state index contributed by atoms with van der Waals surface area (Å²) in [6, 6.07) is 17.3. The van der Waals surface area contributed by atoms with Gasteiger partial charge in [0.2, 0.25) is 11.8 Å². The van der Waals surface area contributed by atoms with Gasteiger partial charge in [0.25, 0.3) is 0 Å². The van der Waals surface area contributed by atoms with Crippen molar-refractivity contribution in [1.29, 1.82) is 0 Å². The number of rotatable bonds is 10. The van der Waals surface area contributed by atoms with Crippen LogP contribution in [0, 0.1) is 0 Å². The van der Waals surface area contributed by atoms with Gasteiger partial charge in [-0.2, -0.15) is 0 Å². The largest absolute Gasteiger partial charge is 0.399 e. The summed E-state index contributed by atoms with van der Waals surface area (Å²) in [5.41, 5.74) is 16.7. The highest BCUT2D eigenvalue weighted by molar-refractivity contribution is 7.80. The average Bonchev–Trinajstić information content (AvgIpc) is 2.85. The van der Waals surface area contributed by atoms with E-state index in [9.17, 15) is 14.7 Å². The molecule has 184 valence electrons. The molecule has 0 aliphatic heterocycles. The number of aryl methyl sites for hydroxylation is 1. The van der Waals surface area contributed by atoms with E-state index in [4.69, 9.17) is 11.5 Å². The van der Waals surface area contributed by atoms with Crippen molar-refractivity contribution in [1.82, 2.24) is 4.90 Å². The number of nitrogens with one attached hydrogen (secondary N) is 1. The van der Waals surface area contributed by atoms with Crippen LogP contribution in [0.2, 0.25) is 0 Å². The lowest BCUT2D eigenvalue weighted by Gasteiger charge is -2.27. The number of benzene rings is 3. The second-order valence-corrected chi connectivity index (χ2v) is 8.94. The quantitative estimate of drug-likeness (QED) is 0.219. The molecule has 0 saturated carbocycles. The SMILES string of the molecule is CCc1cc([C@@H](Nc2cccc(C(N)=O)c2)C(=O)N(C)Cc2cc(N)ccc2S)ccc1CCO. The molecular weight excluding hydrogens is 460 g/mol. The molecule has 35 heavy (non-hydrogen) atoms. The van der Waals surface area contributed by atoms with Crippen LogP contribution in [0.1, 0.15) is 45.6 Å². The number of amides is 2. The minimum Gasteiger partial charge on any atom is -0.399 e. The summed E-state index contributed by atoms with van der Waals surface area (Å²) in [6.45, 7) is 2.42. The Morgan fingerprint density at radius 2 is 1.83 bits per heavy atom. The lowest BCUT2D eigenvalue weighted by atomic mass is 9.95. The molecule has 0 radical (unpaired) electrons. The van der Waals surface area contributed by atoms with Crippen molar-refractivity contribution < 1.29 is 14.7 Å². The van der Waals surface area contributed by atoms with Crippen molar-refractivity contribution in [2.45, 2.75) is 37.2 Å². The van der Waals surface area contributed by atoms with Crippen LogP contribution in [0.25, 0.3) is 0 Å². The first-order valence-corrected chi connectivity index (χ1v) is 11.9. The van der Waals surface area contributed by atoms with Crippen LogP contribution in [0.3, 0.4) is 0 Å². The van der Waals surface area contributed by atoms with E-state index in [1.165, 1.54) is 0 Å². The number of primary amides is 1. The number of thiol groups is 1. The van der Waals surface area contributed by atoms with Gasteiger partial charge in [0.1, 0.15) is 6.04 Å². The molecule has 0 saturated heterocycles. The third-order valence-corrected chi connectivity index (χ3v) is 6.35. The van der Waals surface area contributed by atoms with E-state index in [-0.39, 0.29) is 12.5 Å². The number of carbonyl (C=O) groups excluding carboxylic acids is 2. The Kier molecular flexibility index (Phi) is 8.78. The van der Waals surface area contributed by atoms with Crippen molar-refractivity contribution in [2.24, 2.45) is 5.73 Å². The number of aliphatic hydroxyl groups excluding tert-OH is 1. The third kappa shape index (κ3) is 6.55. The summed E-state index contributed by atoms with van der Waals surface area (Å²) >= 11 is 4.50. The Hall–Kier alpha value is -3.49. The van der Waals surface area contributed by atoms with Crippen molar-refractivity contribution in [3.8, 4) is 0 Å². The van der Waals surface area contributed by atoms with Crippen LogP contribution in [0.4, 0.5) is 11.4 Å². The van der Waals surface area contributed by atoms with Crippen molar-refractivity contribution >= 4 is 35.8 Å². The van der Waals surface area contributed by atoms with Gasteiger partial charge in [0.15, 0.2) is 0 Å². The van der Waals surface area contributed by atoms with Crippen LogP contribution in [-0.4, -0.2) is 35.5 Å². The fourth-order valence-electron chi connectivity index (χ4n) is 4.02. The van der Waals surface area contributed by atoms with Crippen LogP contribution < -0.4 is 16.8 Å². The number of nitrogens with two attached hydrogens (primary N) is 2. The first-order valence-electron chi connectivity index (χ1n) is 11.4. The molecule has 0 heterocycles. The van der Waals surface area contributed by atoms with E-state index >= 15 is 0 Å². The molecule has 0 aliphatic rings. The molecule has 0 aliphatic carbocycles. The van der Waals surface area contributed by atoms with Gasteiger partial charge in [-0.05, 0) is 71.5 Å². The van der Waals surface area contributed by atoms with Gasteiger partial charge in [-0.25, -0.2) is 0 Å². The topological polar surface area (TPSA) is 122 Å². The molecule has 3 aromatic carbocycles. The highest BCUT2D eigenvalue weighted by Gasteiger charge is 2.25. The Morgan fingerprint density at radius 1 is 1.06 bits per heavy atom. The third-order valence-electron chi connectivity index (χ3n) is 5.92. The number of carbonyl (C=O) groups is 2. The maximum Gasteiger partial charge on any atom is 0.249 e. The smallest absolute Gasteiger partial charge is 0.249 e. The van der Waals surface area contributed by atoms with Crippen LogP contribution in [0.15, 0.2) is 65.6 Å². The van der Waals surface area contributed by atoms with Crippen LogP contribution >= 0.6 is 12.6 Å². The Balaban J connectivity index is 1.98. The highest BCUT2D eigenvalue weighted by Crippen LogP contribution is 2.27. The van der Waals surface area contributed by atoms with E-state index in [1.807, 2.05) is 37.3 Å². The monoisotopic (exact) mass is 492 g/mol. The molecule has 0 spiro atoms. The van der Waals surface area contributed by atoms with E-state index in [2.05, 4.69) is 17.9 Å². The molecule has 0 bridgehead atoms. The number of nitrogen functional groups attached to an aromatic ring is 1. The summed E-state index contributed by atoms with van der Waals surface area (Å²) in [6.07, 6.45) is 1.32. The molecule has 6 N–H and O–H groups in total. The van der Waals surface area contributed by atoms with Gasteiger partial charge in [0, 0.05) is 42.0 Å². The predicted molar refractivity (Wildman–Crippen MR) is 143 cm³/mol. The lowest BCUT2D eigenvalue weighted by molar-refractivity contribution is -0.131. The zero-order chi connectivity index (χ0) is 25.5. The normalized spacial score (nSPS) is 11.7. The fraction of sp³-hybridized carbons (Fsp3) is 0.259. The molecule has 7 nitrogen and oxygen atoms in total. The molecule has 1 atom stereocenters. The van der Waals surface area contributed by atoms with E-state index in [0.29, 0.717) is 29.9 Å². The summed E-state index contributed by atoms with van der Waals surface area (Å²) in [4.78, 5) is 27.8. The van der Waals surface area contributed by atoms with Crippen LogP contribution in [0.5, 0.6) is 0 Å². The predicted octanol–water partition coefficient (Wildman–Crippen LogP) is 3.57. The van der Waals surface area contributed by atoms with Gasteiger partial charge in [-0.1, -0.05) is 31.2 Å². The molecule has 8 heteroatoms. The van der Waals surface area contributed by atoms with E-state index in [1.54, 1.807) is 42.3 Å². The molecular formula is C27H32N4O3S. The van der Waals surface area contributed by atoms with Crippen LogP contribution in [-0.2, 0) is 24.2 Å². The molecule has 0 aromatic heterocycles. The molecule has 3 rings (SSSR count). The summed E-state index contributed by atoms with van der Waals surface area (Å²) < 4.78 is 0. The van der Waals surface area contributed by atoms with Gasteiger partial charge in [-0.15, -0.1) is 12.6 Å². The maximum atomic E-state index is 13.8. The molecule has 0 fully saturated rings. The molecule has 2 amide bonds. The summed E-state index contributed by atoms with van der Waals surface area (Å²) in [7, 11) is 1.73. The first-order chi connectivity index (χ1) is 16.7. The Labute approximate surface area is 211 Å². The molecule has 0 unspecified atom stereocenters. The second kappa shape index (κ2) is 11.8. The number of hydrogen-bond acceptors (Lipinski definition) is 6. The van der Waals surface area contributed by atoms with Crippen molar-refractivity contribution in [2.75, 3.05) is 24.7 Å². The fourth-order valence-corrected chi connectivity index (χ4v) is 4.23. The number of aliphatic hydroxyl groups is 1. The zero-order valence-electron chi connectivity index (χ0n) is 20.0. The van der Waals surface area contributed by atoms with E-state index < -0.39 is 11.9 Å². The second-order valence-electron chi connectivity index (χ2n) is 8.46. The minimum absolute atomic E-state index is 0.0574. The van der Waals surface area contributed by atoms with Gasteiger partial charge in [-0.3, -0.25) is 9.59 Å².